The number of nitrogens with two attached hydrogens (primary N) is 1. The van der Waals surface area contributed by atoms with Crippen molar-refractivity contribution in [3.63, 3.8) is 0 Å². The van der Waals surface area contributed by atoms with E-state index in [2.05, 4.69) is 5.32 Å². The Morgan fingerprint density at radius 3 is 2.78 bits per heavy atom. The number of furan rings is 1. The van der Waals surface area contributed by atoms with Gasteiger partial charge in [-0.15, -0.1) is 0 Å². The molecule has 2 aromatic rings. The number of rotatable bonds is 5. The molecule has 0 aliphatic heterocycles. The van der Waals surface area contributed by atoms with Crippen LogP contribution in [0.15, 0.2) is 41.0 Å². The molecule has 0 fully saturated rings. The molecule has 1 heterocycles. The first-order valence-electron chi connectivity index (χ1n) is 5.80. The summed E-state index contributed by atoms with van der Waals surface area (Å²) in [5.74, 6) is 0.558. The summed E-state index contributed by atoms with van der Waals surface area (Å²) in [4.78, 5) is 11.0. The van der Waals surface area contributed by atoms with E-state index in [1.165, 1.54) is 0 Å². The second-order valence-electron chi connectivity index (χ2n) is 4.18. The maximum Gasteiger partial charge on any atom is 0.221 e. The molecule has 3 N–H and O–H groups in total. The van der Waals surface area contributed by atoms with Crippen molar-refractivity contribution >= 4 is 11.6 Å². The lowest BCUT2D eigenvalue weighted by Gasteiger charge is -2.10. The zero-order valence-corrected chi connectivity index (χ0v) is 10.3. The number of anilines is 1. The molecule has 0 aliphatic carbocycles. The molecule has 0 saturated carbocycles. The fourth-order valence-corrected chi connectivity index (χ4v) is 1.80. The summed E-state index contributed by atoms with van der Waals surface area (Å²) in [6, 6.07) is 9.55. The molecule has 0 radical (unpaired) electrons. The normalized spacial score (nSPS) is 10.3. The van der Waals surface area contributed by atoms with Crippen LogP contribution in [0.5, 0.6) is 0 Å². The van der Waals surface area contributed by atoms with E-state index in [1.54, 1.807) is 6.26 Å². The molecule has 94 valence electrons. The van der Waals surface area contributed by atoms with Gasteiger partial charge >= 0.3 is 0 Å². The molecule has 1 aromatic heterocycles. The molecule has 0 atom stereocenters. The van der Waals surface area contributed by atoms with Crippen LogP contribution in [0, 0.1) is 6.92 Å². The zero-order valence-electron chi connectivity index (χ0n) is 10.3. The van der Waals surface area contributed by atoms with Gasteiger partial charge in [0.1, 0.15) is 5.76 Å². The fourth-order valence-electron chi connectivity index (χ4n) is 1.80. The minimum atomic E-state index is -0.335. The van der Waals surface area contributed by atoms with E-state index >= 15 is 0 Å². The third kappa shape index (κ3) is 2.91. The fraction of sp³-hybridized carbons (Fsp3) is 0.214. The Kier molecular flexibility index (Phi) is 3.67. The highest BCUT2D eigenvalue weighted by Gasteiger charge is 2.06. The van der Waals surface area contributed by atoms with E-state index in [4.69, 9.17) is 10.2 Å². The summed E-state index contributed by atoms with van der Waals surface area (Å²) in [7, 11) is 0. The number of carbonyl (C=O) groups excluding carboxylic acids is 1. The van der Waals surface area contributed by atoms with Crippen molar-refractivity contribution < 1.29 is 9.21 Å². The highest BCUT2D eigenvalue weighted by molar-refractivity contribution is 5.78. The molecular formula is C14H16N2O2. The monoisotopic (exact) mass is 244 g/mol. The molecule has 0 bridgehead atoms. The van der Waals surface area contributed by atoms with Gasteiger partial charge in [0.2, 0.25) is 5.91 Å². The van der Waals surface area contributed by atoms with Crippen LogP contribution in [0.3, 0.4) is 0 Å². The van der Waals surface area contributed by atoms with Crippen LogP contribution in [0.1, 0.15) is 16.9 Å². The van der Waals surface area contributed by atoms with Crippen molar-refractivity contribution in [3.05, 3.63) is 53.5 Å². The second kappa shape index (κ2) is 5.40. The van der Waals surface area contributed by atoms with Crippen LogP contribution in [0.25, 0.3) is 0 Å². The first kappa shape index (κ1) is 12.2. The number of hydrogen-bond acceptors (Lipinski definition) is 3. The number of nitrogens with one attached hydrogen (secondary N) is 1. The van der Waals surface area contributed by atoms with Crippen molar-refractivity contribution in [3.8, 4) is 0 Å². The first-order chi connectivity index (χ1) is 8.66. The van der Waals surface area contributed by atoms with Crippen LogP contribution in [0.2, 0.25) is 0 Å². The maximum atomic E-state index is 11.0. The summed E-state index contributed by atoms with van der Waals surface area (Å²) in [6.45, 7) is 2.59. The third-order valence-electron chi connectivity index (χ3n) is 2.79. The highest BCUT2D eigenvalue weighted by atomic mass is 16.3. The Balaban J connectivity index is 2.09. The van der Waals surface area contributed by atoms with Gasteiger partial charge in [-0.3, -0.25) is 4.79 Å². The van der Waals surface area contributed by atoms with Gasteiger partial charge in [-0.1, -0.05) is 18.2 Å². The molecule has 18 heavy (non-hydrogen) atoms. The maximum absolute atomic E-state index is 11.0. The third-order valence-corrected chi connectivity index (χ3v) is 2.79. The van der Waals surface area contributed by atoms with Gasteiger partial charge in [0.05, 0.1) is 19.2 Å². The van der Waals surface area contributed by atoms with Gasteiger partial charge in [0.15, 0.2) is 0 Å². The smallest absolute Gasteiger partial charge is 0.221 e. The Morgan fingerprint density at radius 2 is 2.11 bits per heavy atom. The Bertz CT molecular complexity index is 546. The molecule has 2 rings (SSSR count). The number of carbonyl (C=O) groups is 1. The Morgan fingerprint density at radius 1 is 1.33 bits per heavy atom. The molecule has 1 amide bonds. The van der Waals surface area contributed by atoms with E-state index in [0.717, 1.165) is 22.6 Å². The summed E-state index contributed by atoms with van der Waals surface area (Å²) in [6.07, 6.45) is 1.90. The second-order valence-corrected chi connectivity index (χ2v) is 4.18. The van der Waals surface area contributed by atoms with E-state index < -0.39 is 0 Å². The van der Waals surface area contributed by atoms with Gasteiger partial charge in [-0.25, -0.2) is 0 Å². The number of primary amides is 1. The van der Waals surface area contributed by atoms with Crippen LogP contribution < -0.4 is 11.1 Å². The number of para-hydroxylation sites is 1. The standard InChI is InChI=1S/C14H16N2O2/c1-10-6-7-18-13(10)9-16-12-5-3-2-4-11(12)8-14(15)17/h2-7,16H,8-9H2,1H3,(H2,15,17). The Hall–Kier alpha value is -2.23. The van der Waals surface area contributed by atoms with Gasteiger partial charge < -0.3 is 15.5 Å². The molecular weight excluding hydrogens is 228 g/mol. The van der Waals surface area contributed by atoms with Crippen molar-refractivity contribution in [2.75, 3.05) is 5.32 Å². The van der Waals surface area contributed by atoms with Gasteiger partial charge in [-0.05, 0) is 30.2 Å². The molecule has 0 saturated heterocycles. The summed E-state index contributed by atoms with van der Waals surface area (Å²) < 4.78 is 5.35. The lowest BCUT2D eigenvalue weighted by atomic mass is 10.1. The minimum Gasteiger partial charge on any atom is -0.467 e. The molecule has 1 aromatic carbocycles. The Labute approximate surface area is 106 Å². The van der Waals surface area contributed by atoms with E-state index in [0.29, 0.717) is 6.54 Å². The topological polar surface area (TPSA) is 68.3 Å². The predicted molar refractivity (Wildman–Crippen MR) is 70.1 cm³/mol. The van der Waals surface area contributed by atoms with Crippen molar-refractivity contribution in [1.82, 2.24) is 0 Å². The SMILES string of the molecule is Cc1ccoc1CNc1ccccc1CC(N)=O. The highest BCUT2D eigenvalue weighted by Crippen LogP contribution is 2.18. The van der Waals surface area contributed by atoms with E-state index in [1.807, 2.05) is 37.3 Å². The first-order valence-corrected chi connectivity index (χ1v) is 5.80. The van der Waals surface area contributed by atoms with Crippen LogP contribution in [-0.4, -0.2) is 5.91 Å². The molecule has 4 heteroatoms. The zero-order chi connectivity index (χ0) is 13.0. The van der Waals surface area contributed by atoms with Crippen molar-refractivity contribution in [2.24, 2.45) is 5.73 Å². The van der Waals surface area contributed by atoms with E-state index in [-0.39, 0.29) is 12.3 Å². The number of hydrogen-bond donors (Lipinski definition) is 2. The molecule has 0 spiro atoms. The predicted octanol–water partition coefficient (Wildman–Crippen LogP) is 2.23. The van der Waals surface area contributed by atoms with Crippen molar-refractivity contribution in [2.45, 2.75) is 19.9 Å². The van der Waals surface area contributed by atoms with Crippen LogP contribution >= 0.6 is 0 Å². The van der Waals surface area contributed by atoms with Crippen LogP contribution in [-0.2, 0) is 17.8 Å². The summed E-state index contributed by atoms with van der Waals surface area (Å²) >= 11 is 0. The lowest BCUT2D eigenvalue weighted by molar-refractivity contribution is -0.117. The lowest BCUT2D eigenvalue weighted by Crippen LogP contribution is -2.15. The average Bonchev–Trinajstić information content (AvgIpc) is 2.73. The number of aryl methyl sites for hydroxylation is 1. The van der Waals surface area contributed by atoms with Gasteiger partial charge in [0.25, 0.3) is 0 Å². The van der Waals surface area contributed by atoms with Gasteiger partial charge in [-0.2, -0.15) is 0 Å². The number of amides is 1. The quantitative estimate of drug-likeness (QED) is 0.847. The number of benzene rings is 1. The molecule has 4 nitrogen and oxygen atoms in total. The summed E-state index contributed by atoms with van der Waals surface area (Å²) in [5, 5.41) is 3.26. The largest absolute Gasteiger partial charge is 0.467 e. The van der Waals surface area contributed by atoms with Crippen LogP contribution in [0.4, 0.5) is 5.69 Å². The average molecular weight is 244 g/mol. The molecule has 0 unspecified atom stereocenters. The summed E-state index contributed by atoms with van der Waals surface area (Å²) in [5.41, 5.74) is 8.14. The molecule has 0 aliphatic rings. The van der Waals surface area contributed by atoms with E-state index in [9.17, 15) is 4.79 Å². The minimum absolute atomic E-state index is 0.236. The van der Waals surface area contributed by atoms with Crippen molar-refractivity contribution in [1.29, 1.82) is 0 Å². The van der Waals surface area contributed by atoms with Gasteiger partial charge in [0, 0.05) is 5.69 Å².